The minimum Gasteiger partial charge on any atom is -0.485 e. The van der Waals surface area contributed by atoms with Crippen LogP contribution in [0.3, 0.4) is 0 Å². The van der Waals surface area contributed by atoms with Crippen LogP contribution in [0, 0.1) is 5.92 Å². The summed E-state index contributed by atoms with van der Waals surface area (Å²) in [5, 5.41) is 9.23. The van der Waals surface area contributed by atoms with Crippen molar-refractivity contribution >= 4 is 17.7 Å². The maximum absolute atomic E-state index is 12.4. The molecule has 27 heavy (non-hydrogen) atoms. The van der Waals surface area contributed by atoms with E-state index in [-0.39, 0.29) is 12.0 Å². The van der Waals surface area contributed by atoms with Crippen molar-refractivity contribution in [1.82, 2.24) is 19.7 Å². The van der Waals surface area contributed by atoms with Gasteiger partial charge in [0.2, 0.25) is 5.91 Å². The van der Waals surface area contributed by atoms with E-state index in [1.54, 1.807) is 0 Å². The van der Waals surface area contributed by atoms with Gasteiger partial charge >= 0.3 is 0 Å². The Morgan fingerprint density at radius 1 is 1.22 bits per heavy atom. The maximum Gasteiger partial charge on any atom is 0.233 e. The molecular formula is C19H24N4O3S. The Kier molecular flexibility index (Phi) is 5.24. The van der Waals surface area contributed by atoms with E-state index in [1.807, 2.05) is 40.8 Å². The molecule has 1 fully saturated rings. The molecule has 2 aliphatic heterocycles. The first-order chi connectivity index (χ1) is 13.1. The van der Waals surface area contributed by atoms with Gasteiger partial charge in [-0.25, -0.2) is 0 Å². The first-order valence-corrected chi connectivity index (χ1v) is 10.3. The third kappa shape index (κ3) is 3.90. The molecule has 1 saturated heterocycles. The molecule has 2 aromatic rings. The highest BCUT2D eigenvalue weighted by Crippen LogP contribution is 2.35. The summed E-state index contributed by atoms with van der Waals surface area (Å²) >= 11 is 1.42. The molecular weight excluding hydrogens is 364 g/mol. The third-order valence-corrected chi connectivity index (χ3v) is 6.13. The van der Waals surface area contributed by atoms with Gasteiger partial charge in [0.1, 0.15) is 6.61 Å². The molecule has 0 aliphatic carbocycles. The monoisotopic (exact) mass is 388 g/mol. The lowest BCUT2D eigenvalue weighted by molar-refractivity contribution is -0.129. The van der Waals surface area contributed by atoms with Gasteiger partial charge in [-0.3, -0.25) is 4.79 Å². The predicted octanol–water partition coefficient (Wildman–Crippen LogP) is 2.68. The van der Waals surface area contributed by atoms with Gasteiger partial charge in [-0.05, 0) is 30.9 Å². The van der Waals surface area contributed by atoms with Crippen LogP contribution in [0.5, 0.6) is 11.5 Å². The number of aromatic nitrogens is 3. The molecule has 7 nitrogen and oxygen atoms in total. The zero-order valence-electron chi connectivity index (χ0n) is 15.6. The van der Waals surface area contributed by atoms with Crippen molar-refractivity contribution in [2.24, 2.45) is 13.0 Å². The molecule has 0 unspecified atom stereocenters. The van der Waals surface area contributed by atoms with Crippen LogP contribution in [0.25, 0.3) is 0 Å². The summed E-state index contributed by atoms with van der Waals surface area (Å²) in [6, 6.07) is 7.59. The van der Waals surface area contributed by atoms with Crippen LogP contribution in [0.2, 0.25) is 0 Å². The quantitative estimate of drug-likeness (QED) is 0.750. The van der Waals surface area contributed by atoms with Gasteiger partial charge in [-0.1, -0.05) is 30.8 Å². The van der Waals surface area contributed by atoms with E-state index in [1.165, 1.54) is 11.8 Å². The predicted molar refractivity (Wildman–Crippen MR) is 102 cm³/mol. The Morgan fingerprint density at radius 3 is 2.74 bits per heavy atom. The van der Waals surface area contributed by atoms with Gasteiger partial charge < -0.3 is 18.9 Å². The number of hydrogen-bond acceptors (Lipinski definition) is 6. The molecule has 8 heteroatoms. The molecule has 0 bridgehead atoms. The van der Waals surface area contributed by atoms with Crippen LogP contribution in [0.4, 0.5) is 0 Å². The maximum atomic E-state index is 12.4. The number of fused-ring (bicyclic) bond motifs is 1. The van der Waals surface area contributed by atoms with Crippen molar-refractivity contribution in [2.45, 2.75) is 31.0 Å². The number of amides is 1. The van der Waals surface area contributed by atoms with E-state index in [2.05, 4.69) is 17.1 Å². The van der Waals surface area contributed by atoms with Crippen molar-refractivity contribution in [3.8, 4) is 11.5 Å². The fourth-order valence-corrected chi connectivity index (χ4v) is 4.18. The minimum atomic E-state index is -0.314. The van der Waals surface area contributed by atoms with E-state index in [4.69, 9.17) is 9.47 Å². The van der Waals surface area contributed by atoms with Gasteiger partial charge in [0.25, 0.3) is 0 Å². The molecule has 0 N–H and O–H groups in total. The molecule has 1 aromatic heterocycles. The highest BCUT2D eigenvalue weighted by Gasteiger charge is 2.28. The standard InChI is InChI=1S/C19H24N4O3S/c1-13-7-9-23(10-8-13)17(24)12-27-19-21-20-18(22(19)2)16-11-25-14-5-3-4-6-15(14)26-16/h3-6,13,16H,7-12H2,1-2H3/t16-/m0/s1. The number of benzene rings is 1. The number of nitrogens with zero attached hydrogens (tertiary/aromatic N) is 4. The highest BCUT2D eigenvalue weighted by molar-refractivity contribution is 7.99. The molecule has 2 aliphatic rings. The summed E-state index contributed by atoms with van der Waals surface area (Å²) in [7, 11) is 1.90. The molecule has 1 amide bonds. The minimum absolute atomic E-state index is 0.169. The Balaban J connectivity index is 1.37. The number of carbonyl (C=O) groups excluding carboxylic acids is 1. The third-order valence-electron chi connectivity index (χ3n) is 5.13. The zero-order chi connectivity index (χ0) is 18.8. The molecule has 1 atom stereocenters. The lowest BCUT2D eigenvalue weighted by Crippen LogP contribution is -2.38. The second-order valence-electron chi connectivity index (χ2n) is 7.12. The van der Waals surface area contributed by atoms with E-state index in [0.29, 0.717) is 35.0 Å². The van der Waals surface area contributed by atoms with Crippen LogP contribution in [-0.2, 0) is 11.8 Å². The number of ether oxygens (including phenoxy) is 2. The number of carbonyl (C=O) groups is 1. The van der Waals surface area contributed by atoms with Crippen molar-refractivity contribution in [3.05, 3.63) is 30.1 Å². The Morgan fingerprint density at radius 2 is 1.96 bits per heavy atom. The Bertz CT molecular complexity index is 817. The summed E-state index contributed by atoms with van der Waals surface area (Å²) in [5.41, 5.74) is 0. The van der Waals surface area contributed by atoms with E-state index < -0.39 is 0 Å². The van der Waals surface area contributed by atoms with Crippen molar-refractivity contribution < 1.29 is 14.3 Å². The van der Waals surface area contributed by atoms with Gasteiger partial charge in [0.15, 0.2) is 28.6 Å². The fraction of sp³-hybridized carbons (Fsp3) is 0.526. The topological polar surface area (TPSA) is 69.5 Å². The van der Waals surface area contributed by atoms with Gasteiger partial charge in [-0.15, -0.1) is 10.2 Å². The first-order valence-electron chi connectivity index (χ1n) is 9.30. The van der Waals surface area contributed by atoms with Crippen LogP contribution in [0.15, 0.2) is 29.4 Å². The molecule has 3 heterocycles. The molecule has 144 valence electrons. The van der Waals surface area contributed by atoms with Crippen LogP contribution in [0.1, 0.15) is 31.7 Å². The van der Waals surface area contributed by atoms with Crippen molar-refractivity contribution in [3.63, 3.8) is 0 Å². The average molecular weight is 388 g/mol. The molecule has 4 rings (SSSR count). The second-order valence-corrected chi connectivity index (χ2v) is 8.06. The summed E-state index contributed by atoms with van der Waals surface area (Å²) in [4.78, 5) is 14.4. The van der Waals surface area contributed by atoms with Crippen LogP contribution in [-0.4, -0.2) is 51.0 Å². The van der Waals surface area contributed by atoms with Gasteiger partial charge in [-0.2, -0.15) is 0 Å². The number of rotatable bonds is 4. The van der Waals surface area contributed by atoms with Crippen LogP contribution < -0.4 is 9.47 Å². The molecule has 1 aromatic carbocycles. The summed E-state index contributed by atoms with van der Waals surface area (Å²) < 4.78 is 13.7. The number of piperidine rings is 1. The van der Waals surface area contributed by atoms with Gasteiger partial charge in [0, 0.05) is 20.1 Å². The normalized spacial score (nSPS) is 19.9. The highest BCUT2D eigenvalue weighted by atomic mass is 32.2. The van der Waals surface area contributed by atoms with Crippen LogP contribution >= 0.6 is 11.8 Å². The van der Waals surface area contributed by atoms with Crippen molar-refractivity contribution in [1.29, 1.82) is 0 Å². The number of para-hydroxylation sites is 2. The largest absolute Gasteiger partial charge is 0.485 e. The Hall–Kier alpha value is -2.22. The molecule has 0 spiro atoms. The second kappa shape index (κ2) is 7.80. The van der Waals surface area contributed by atoms with E-state index in [9.17, 15) is 4.79 Å². The number of hydrogen-bond donors (Lipinski definition) is 0. The fourth-order valence-electron chi connectivity index (χ4n) is 3.35. The Labute approximate surface area is 163 Å². The van der Waals surface area contributed by atoms with Crippen molar-refractivity contribution in [2.75, 3.05) is 25.4 Å². The lowest BCUT2D eigenvalue weighted by Gasteiger charge is -2.30. The SMILES string of the molecule is CC1CCN(C(=O)CSc2nnc([C@@H]3COc4ccccc4O3)n2C)CC1. The van der Waals surface area contributed by atoms with E-state index in [0.717, 1.165) is 31.7 Å². The molecule has 0 saturated carbocycles. The zero-order valence-corrected chi connectivity index (χ0v) is 16.4. The lowest BCUT2D eigenvalue weighted by atomic mass is 9.99. The first kappa shape index (κ1) is 18.2. The summed E-state index contributed by atoms with van der Waals surface area (Å²) in [5.74, 6) is 3.41. The number of likely N-dealkylation sites (tertiary alicyclic amines) is 1. The summed E-state index contributed by atoms with van der Waals surface area (Å²) in [6.45, 7) is 4.35. The smallest absolute Gasteiger partial charge is 0.233 e. The average Bonchev–Trinajstić information content (AvgIpc) is 3.06. The number of thioether (sulfide) groups is 1. The summed E-state index contributed by atoms with van der Waals surface area (Å²) in [6.07, 6.45) is 1.86. The van der Waals surface area contributed by atoms with Gasteiger partial charge in [0.05, 0.1) is 5.75 Å². The van der Waals surface area contributed by atoms with E-state index >= 15 is 0 Å². The molecule has 0 radical (unpaired) electrons.